The molecular formula is C11H10Cl3NO. The van der Waals surface area contributed by atoms with Gasteiger partial charge in [0.15, 0.2) is 0 Å². The van der Waals surface area contributed by atoms with Gasteiger partial charge >= 0.3 is 0 Å². The Balaban J connectivity index is 2.30. The van der Waals surface area contributed by atoms with E-state index in [4.69, 9.17) is 34.8 Å². The van der Waals surface area contributed by atoms with E-state index in [0.717, 1.165) is 0 Å². The van der Waals surface area contributed by atoms with Crippen molar-refractivity contribution in [3.63, 3.8) is 0 Å². The predicted octanol–water partition coefficient (Wildman–Crippen LogP) is 3.15. The molecule has 86 valence electrons. The third-order valence-corrected chi connectivity index (χ3v) is 3.93. The van der Waals surface area contributed by atoms with Crippen molar-refractivity contribution in [2.75, 3.05) is 17.3 Å². The Hall–Kier alpha value is -0.440. The van der Waals surface area contributed by atoms with Crippen molar-refractivity contribution in [3.05, 3.63) is 29.3 Å². The van der Waals surface area contributed by atoms with Crippen LogP contribution in [0.5, 0.6) is 0 Å². The zero-order valence-electron chi connectivity index (χ0n) is 8.37. The van der Waals surface area contributed by atoms with Gasteiger partial charge in [0.2, 0.25) is 5.91 Å². The lowest BCUT2D eigenvalue weighted by Gasteiger charge is -2.17. The third kappa shape index (κ3) is 2.02. The number of rotatable bonds is 2. The van der Waals surface area contributed by atoms with Gasteiger partial charge in [0.25, 0.3) is 0 Å². The molecule has 0 bridgehead atoms. The molecule has 1 aromatic carbocycles. The molecule has 0 radical (unpaired) electrons. The van der Waals surface area contributed by atoms with Gasteiger partial charge in [-0.1, -0.05) is 23.7 Å². The van der Waals surface area contributed by atoms with Gasteiger partial charge in [-0.2, -0.15) is 0 Å². The zero-order chi connectivity index (χ0) is 11.7. The molecule has 2 nitrogen and oxygen atoms in total. The molecule has 0 N–H and O–H groups in total. The summed E-state index contributed by atoms with van der Waals surface area (Å²) in [7, 11) is 0. The Kier molecular flexibility index (Phi) is 3.63. The molecule has 0 aliphatic carbocycles. The Morgan fingerprint density at radius 2 is 2.06 bits per heavy atom. The molecule has 0 spiro atoms. The molecule has 5 heteroatoms. The van der Waals surface area contributed by atoms with Gasteiger partial charge in [0.1, 0.15) is 5.38 Å². The fraction of sp³-hybridized carbons (Fsp3) is 0.364. The predicted molar refractivity (Wildman–Crippen MR) is 67.7 cm³/mol. The van der Waals surface area contributed by atoms with Gasteiger partial charge in [-0.3, -0.25) is 4.79 Å². The quantitative estimate of drug-likeness (QED) is 0.761. The molecule has 16 heavy (non-hydrogen) atoms. The van der Waals surface area contributed by atoms with E-state index in [1.54, 1.807) is 17.0 Å². The molecule has 0 aromatic heterocycles. The first kappa shape index (κ1) is 12.0. The van der Waals surface area contributed by atoms with Crippen LogP contribution in [0.4, 0.5) is 5.69 Å². The van der Waals surface area contributed by atoms with E-state index < -0.39 is 5.38 Å². The maximum absolute atomic E-state index is 11.9. The van der Waals surface area contributed by atoms with Crippen molar-refractivity contribution < 1.29 is 4.79 Å². The third-order valence-electron chi connectivity index (χ3n) is 2.67. The van der Waals surface area contributed by atoms with Gasteiger partial charge < -0.3 is 4.90 Å². The number of carbonyl (C=O) groups is 1. The van der Waals surface area contributed by atoms with Crippen molar-refractivity contribution in [1.29, 1.82) is 0 Å². The van der Waals surface area contributed by atoms with Crippen LogP contribution in [0.2, 0.25) is 5.02 Å². The topological polar surface area (TPSA) is 20.3 Å². The highest BCUT2D eigenvalue weighted by molar-refractivity contribution is 6.37. The van der Waals surface area contributed by atoms with E-state index in [1.807, 2.05) is 12.1 Å². The van der Waals surface area contributed by atoms with Crippen LogP contribution in [0.15, 0.2) is 24.3 Å². The molecule has 2 atom stereocenters. The largest absolute Gasteiger partial charge is 0.309 e. The number of para-hydroxylation sites is 1. The van der Waals surface area contributed by atoms with E-state index in [2.05, 4.69) is 0 Å². The highest BCUT2D eigenvalue weighted by atomic mass is 35.5. The van der Waals surface area contributed by atoms with E-state index in [1.165, 1.54) is 0 Å². The number of alkyl halides is 2. The molecule has 1 aromatic rings. The lowest BCUT2D eigenvalue weighted by atomic mass is 10.1. The van der Waals surface area contributed by atoms with E-state index in [0.29, 0.717) is 23.1 Å². The van der Waals surface area contributed by atoms with Crippen molar-refractivity contribution in [1.82, 2.24) is 0 Å². The molecule has 1 aliphatic rings. The van der Waals surface area contributed by atoms with Crippen molar-refractivity contribution in [2.24, 2.45) is 5.92 Å². The van der Waals surface area contributed by atoms with Gasteiger partial charge in [-0.15, -0.1) is 23.2 Å². The summed E-state index contributed by atoms with van der Waals surface area (Å²) in [4.78, 5) is 13.5. The standard InChI is InChI=1S/C11H10Cl3NO/c12-5-7-6-15(11(16)10(7)14)9-4-2-1-3-8(9)13/h1-4,7,10H,5-6H2. The van der Waals surface area contributed by atoms with E-state index in [-0.39, 0.29) is 11.8 Å². The lowest BCUT2D eigenvalue weighted by Crippen LogP contribution is -2.27. The summed E-state index contributed by atoms with van der Waals surface area (Å²) in [6, 6.07) is 7.22. The average molecular weight is 279 g/mol. The lowest BCUT2D eigenvalue weighted by molar-refractivity contribution is -0.117. The highest BCUT2D eigenvalue weighted by Gasteiger charge is 2.39. The van der Waals surface area contributed by atoms with Crippen LogP contribution >= 0.6 is 34.8 Å². The number of nitrogens with zero attached hydrogens (tertiary/aromatic N) is 1. The number of amides is 1. The summed E-state index contributed by atoms with van der Waals surface area (Å²) in [6.07, 6.45) is 0. The second-order valence-electron chi connectivity index (χ2n) is 3.72. The summed E-state index contributed by atoms with van der Waals surface area (Å²) in [5.74, 6) is 0.230. The number of carbonyl (C=O) groups excluding carboxylic acids is 1. The van der Waals surface area contributed by atoms with Crippen LogP contribution in [0.25, 0.3) is 0 Å². The second kappa shape index (κ2) is 4.82. The van der Waals surface area contributed by atoms with E-state index >= 15 is 0 Å². The molecular weight excluding hydrogens is 268 g/mol. The summed E-state index contributed by atoms with van der Waals surface area (Å²) in [5, 5.41) is 0.00344. The maximum Gasteiger partial charge on any atom is 0.245 e. The fourth-order valence-electron chi connectivity index (χ4n) is 1.78. The van der Waals surface area contributed by atoms with Gasteiger partial charge in [0.05, 0.1) is 10.7 Å². The first-order valence-corrected chi connectivity index (χ1v) is 6.26. The van der Waals surface area contributed by atoms with Crippen molar-refractivity contribution in [3.8, 4) is 0 Å². The maximum atomic E-state index is 11.9. The summed E-state index contributed by atoms with van der Waals surface area (Å²) < 4.78 is 0. The number of anilines is 1. The normalized spacial score (nSPS) is 25.2. The highest BCUT2D eigenvalue weighted by Crippen LogP contribution is 2.33. The summed E-state index contributed by atoms with van der Waals surface area (Å²) in [6.45, 7) is 0.528. The average Bonchev–Trinajstić information content (AvgIpc) is 2.57. The number of halogens is 3. The van der Waals surface area contributed by atoms with Crippen LogP contribution in [0.1, 0.15) is 0 Å². The Morgan fingerprint density at radius 3 is 2.62 bits per heavy atom. The zero-order valence-corrected chi connectivity index (χ0v) is 10.6. The number of hydrogen-bond acceptors (Lipinski definition) is 1. The van der Waals surface area contributed by atoms with Crippen molar-refractivity contribution in [2.45, 2.75) is 5.38 Å². The summed E-state index contributed by atoms with van der Waals surface area (Å²) in [5.41, 5.74) is 0.701. The fourth-order valence-corrected chi connectivity index (χ4v) is 2.67. The molecule has 1 fully saturated rings. The first-order valence-electron chi connectivity index (χ1n) is 4.91. The van der Waals surface area contributed by atoms with Gasteiger partial charge in [-0.25, -0.2) is 0 Å². The van der Waals surface area contributed by atoms with Crippen molar-refractivity contribution >= 4 is 46.4 Å². The SMILES string of the molecule is O=C1C(Cl)C(CCl)CN1c1ccccc1Cl. The second-order valence-corrected chi connectivity index (χ2v) is 4.90. The van der Waals surface area contributed by atoms with Crippen LogP contribution in [0.3, 0.4) is 0 Å². The van der Waals surface area contributed by atoms with Gasteiger partial charge in [-0.05, 0) is 12.1 Å². The number of benzene rings is 1. The molecule has 0 saturated carbocycles. The molecule has 1 heterocycles. The van der Waals surface area contributed by atoms with E-state index in [9.17, 15) is 4.79 Å². The Bertz CT molecular complexity index is 410. The Morgan fingerprint density at radius 1 is 1.38 bits per heavy atom. The van der Waals surface area contributed by atoms with Gasteiger partial charge in [0, 0.05) is 18.3 Å². The van der Waals surface area contributed by atoms with Crippen LogP contribution < -0.4 is 4.90 Å². The minimum Gasteiger partial charge on any atom is -0.309 e. The molecule has 2 rings (SSSR count). The van der Waals surface area contributed by atoms with Crippen LogP contribution in [-0.4, -0.2) is 23.7 Å². The molecule has 1 amide bonds. The number of hydrogen-bond donors (Lipinski definition) is 0. The minimum atomic E-state index is -0.547. The molecule has 1 saturated heterocycles. The molecule has 1 aliphatic heterocycles. The van der Waals surface area contributed by atoms with Crippen LogP contribution in [-0.2, 0) is 4.79 Å². The summed E-state index contributed by atoms with van der Waals surface area (Å²) >= 11 is 17.8. The minimum absolute atomic E-state index is 0.0212. The smallest absolute Gasteiger partial charge is 0.245 e. The van der Waals surface area contributed by atoms with Crippen LogP contribution in [0, 0.1) is 5.92 Å². The monoisotopic (exact) mass is 277 g/mol. The molecule has 2 unspecified atom stereocenters. The first-order chi connectivity index (χ1) is 7.65. The Labute approximate surface area is 109 Å².